The molecule has 0 fully saturated rings. The summed E-state index contributed by atoms with van der Waals surface area (Å²) in [5.74, 6) is 2.21. The van der Waals surface area contributed by atoms with Crippen molar-refractivity contribution < 1.29 is 4.74 Å². The molecule has 0 spiro atoms. The lowest BCUT2D eigenvalue weighted by Gasteiger charge is -2.26. The molecule has 0 unspecified atom stereocenters. The molecule has 1 aliphatic rings. The molecule has 0 amide bonds. The molecule has 1 atom stereocenters. The van der Waals surface area contributed by atoms with Crippen LogP contribution in [0.2, 0.25) is 0 Å². The van der Waals surface area contributed by atoms with E-state index in [9.17, 15) is 0 Å². The van der Waals surface area contributed by atoms with Gasteiger partial charge in [-0.3, -0.25) is 0 Å². The molecule has 0 aromatic carbocycles. The van der Waals surface area contributed by atoms with E-state index in [-0.39, 0.29) is 6.10 Å². The van der Waals surface area contributed by atoms with Gasteiger partial charge < -0.3 is 10.5 Å². The van der Waals surface area contributed by atoms with E-state index in [0.29, 0.717) is 18.3 Å². The molecule has 2 aromatic rings. The van der Waals surface area contributed by atoms with Crippen LogP contribution in [0, 0.1) is 5.92 Å². The quantitative estimate of drug-likeness (QED) is 0.376. The number of ether oxygens (including phenoxy) is 1. The van der Waals surface area contributed by atoms with Crippen LogP contribution in [-0.4, -0.2) is 21.8 Å². The largest absolute Gasteiger partial charge is 0.383 e. The number of hydrogen-bond acceptors (Lipinski definition) is 6. The minimum Gasteiger partial charge on any atom is -0.383 e. The van der Waals surface area contributed by atoms with Gasteiger partial charge >= 0.3 is 0 Å². The highest BCUT2D eigenvalue weighted by molar-refractivity contribution is 7.99. The smallest absolute Gasteiger partial charge is 0.190 e. The third-order valence-corrected chi connectivity index (χ3v) is 6.83. The van der Waals surface area contributed by atoms with Crippen molar-refractivity contribution in [3.05, 3.63) is 10.4 Å². The molecule has 0 aliphatic carbocycles. The molecule has 2 aromatic heterocycles. The Morgan fingerprint density at radius 3 is 2.80 bits per heavy atom. The zero-order valence-electron chi connectivity index (χ0n) is 15.5. The monoisotopic (exact) mass is 379 g/mol. The Kier molecular flexibility index (Phi) is 6.58. The van der Waals surface area contributed by atoms with Gasteiger partial charge in [0.1, 0.15) is 10.6 Å². The Bertz CT molecular complexity index is 714. The first-order chi connectivity index (χ1) is 12.1. The lowest BCUT2D eigenvalue weighted by molar-refractivity contribution is 0.00203. The van der Waals surface area contributed by atoms with Gasteiger partial charge in [0.05, 0.1) is 18.1 Å². The van der Waals surface area contributed by atoms with E-state index in [1.165, 1.54) is 42.5 Å². The van der Waals surface area contributed by atoms with Crippen LogP contribution in [0.25, 0.3) is 10.2 Å². The van der Waals surface area contributed by atoms with E-state index < -0.39 is 0 Å². The Morgan fingerprint density at radius 1 is 1.24 bits per heavy atom. The number of nitrogens with two attached hydrogens (primary N) is 1. The fourth-order valence-corrected chi connectivity index (χ4v) is 5.29. The van der Waals surface area contributed by atoms with Crippen LogP contribution in [0.1, 0.15) is 63.3 Å². The van der Waals surface area contributed by atoms with Crippen LogP contribution in [0.15, 0.2) is 5.16 Å². The van der Waals surface area contributed by atoms with Crippen molar-refractivity contribution >= 4 is 39.1 Å². The van der Waals surface area contributed by atoms with Crippen molar-refractivity contribution in [2.45, 2.75) is 77.2 Å². The summed E-state index contributed by atoms with van der Waals surface area (Å²) in [4.78, 5) is 11.7. The predicted octanol–water partition coefficient (Wildman–Crippen LogP) is 5.43. The van der Waals surface area contributed by atoms with E-state index in [2.05, 4.69) is 25.8 Å². The standard InChI is InChI=1S/C19H29N3OS2/c1-4-5-6-7-8-9-24-19-21-17(20)16-13-10-14(12(2)3)23-11-15(13)25-18(16)22-19/h12,14H,4-11H2,1-3H3,(H2,20,21,22)/t14-/m0/s1. The summed E-state index contributed by atoms with van der Waals surface area (Å²) in [6.07, 6.45) is 7.64. The molecule has 2 N–H and O–H groups in total. The van der Waals surface area contributed by atoms with Crippen LogP contribution in [-0.2, 0) is 17.8 Å². The second-order valence-corrected chi connectivity index (χ2v) is 9.28. The zero-order valence-corrected chi connectivity index (χ0v) is 17.1. The Hall–Kier alpha value is -0.850. The molecule has 0 saturated heterocycles. The number of anilines is 1. The van der Waals surface area contributed by atoms with Crippen molar-refractivity contribution in [1.82, 2.24) is 9.97 Å². The molecule has 0 bridgehead atoms. The Balaban J connectivity index is 1.71. The molecule has 4 nitrogen and oxygen atoms in total. The van der Waals surface area contributed by atoms with Crippen molar-refractivity contribution in [3.63, 3.8) is 0 Å². The van der Waals surface area contributed by atoms with E-state index in [0.717, 1.165) is 27.5 Å². The first-order valence-corrected chi connectivity index (χ1v) is 11.2. The van der Waals surface area contributed by atoms with Crippen molar-refractivity contribution in [2.24, 2.45) is 5.92 Å². The second-order valence-electron chi connectivity index (χ2n) is 7.14. The maximum Gasteiger partial charge on any atom is 0.190 e. The number of thiophene rings is 1. The number of nitrogen functional groups attached to an aromatic ring is 1. The molecular formula is C19H29N3OS2. The maximum absolute atomic E-state index is 6.32. The highest BCUT2D eigenvalue weighted by Gasteiger charge is 2.27. The number of aromatic nitrogens is 2. The number of hydrogen-bond donors (Lipinski definition) is 1. The highest BCUT2D eigenvalue weighted by Crippen LogP contribution is 2.39. The van der Waals surface area contributed by atoms with Crippen LogP contribution in [0.3, 0.4) is 0 Å². The second kappa shape index (κ2) is 8.69. The third-order valence-electron chi connectivity index (χ3n) is 4.80. The SMILES string of the molecule is CCCCCCCSc1nc(N)c2c3c(sc2n1)CO[C@H](C(C)C)C3. The van der Waals surface area contributed by atoms with E-state index >= 15 is 0 Å². The number of nitrogens with zero attached hydrogens (tertiary/aromatic N) is 2. The number of fused-ring (bicyclic) bond motifs is 3. The molecule has 25 heavy (non-hydrogen) atoms. The van der Waals surface area contributed by atoms with E-state index in [1.807, 2.05) is 0 Å². The number of unbranched alkanes of at least 4 members (excludes halogenated alkanes) is 4. The third kappa shape index (κ3) is 4.47. The summed E-state index contributed by atoms with van der Waals surface area (Å²) in [5, 5.41) is 1.89. The minimum atomic E-state index is 0.266. The Morgan fingerprint density at radius 2 is 2.04 bits per heavy atom. The molecular weight excluding hydrogens is 350 g/mol. The van der Waals surface area contributed by atoms with Gasteiger partial charge in [-0.2, -0.15) is 0 Å². The van der Waals surface area contributed by atoms with Gasteiger partial charge in [0.2, 0.25) is 0 Å². The molecule has 0 saturated carbocycles. The van der Waals surface area contributed by atoms with Crippen molar-refractivity contribution in [1.29, 1.82) is 0 Å². The summed E-state index contributed by atoms with van der Waals surface area (Å²) in [6, 6.07) is 0. The van der Waals surface area contributed by atoms with Crippen LogP contribution in [0.4, 0.5) is 5.82 Å². The number of rotatable bonds is 8. The fraction of sp³-hybridized carbons (Fsp3) is 0.684. The first kappa shape index (κ1) is 18.9. The molecule has 3 rings (SSSR count). The maximum atomic E-state index is 6.32. The topological polar surface area (TPSA) is 61.0 Å². The average molecular weight is 380 g/mol. The van der Waals surface area contributed by atoms with Gasteiger partial charge in [-0.05, 0) is 17.9 Å². The summed E-state index contributed by atoms with van der Waals surface area (Å²) in [5.41, 5.74) is 7.64. The van der Waals surface area contributed by atoms with Gasteiger partial charge in [-0.15, -0.1) is 11.3 Å². The fourth-order valence-electron chi connectivity index (χ4n) is 3.25. The van der Waals surface area contributed by atoms with Crippen LogP contribution in [0.5, 0.6) is 0 Å². The van der Waals surface area contributed by atoms with Crippen LogP contribution < -0.4 is 5.73 Å². The van der Waals surface area contributed by atoms with Gasteiger partial charge in [0, 0.05) is 17.1 Å². The van der Waals surface area contributed by atoms with Crippen LogP contribution >= 0.6 is 23.1 Å². The summed E-state index contributed by atoms with van der Waals surface area (Å²) < 4.78 is 5.99. The lowest BCUT2D eigenvalue weighted by atomic mass is 9.96. The molecule has 0 radical (unpaired) electrons. The average Bonchev–Trinajstić information content (AvgIpc) is 2.95. The molecule has 3 heterocycles. The first-order valence-electron chi connectivity index (χ1n) is 9.42. The summed E-state index contributed by atoms with van der Waals surface area (Å²) in [6.45, 7) is 7.34. The summed E-state index contributed by atoms with van der Waals surface area (Å²) >= 11 is 3.45. The molecule has 138 valence electrons. The lowest BCUT2D eigenvalue weighted by Crippen LogP contribution is -2.26. The molecule has 6 heteroatoms. The normalized spacial score (nSPS) is 17.4. The number of thioether (sulfide) groups is 1. The van der Waals surface area contributed by atoms with Gasteiger partial charge in [0.15, 0.2) is 5.16 Å². The van der Waals surface area contributed by atoms with E-state index in [4.69, 9.17) is 15.5 Å². The predicted molar refractivity (Wildman–Crippen MR) is 108 cm³/mol. The van der Waals surface area contributed by atoms with Crippen molar-refractivity contribution in [2.75, 3.05) is 11.5 Å². The summed E-state index contributed by atoms with van der Waals surface area (Å²) in [7, 11) is 0. The van der Waals surface area contributed by atoms with E-state index in [1.54, 1.807) is 23.1 Å². The van der Waals surface area contributed by atoms with Gasteiger partial charge in [-0.1, -0.05) is 58.2 Å². The van der Waals surface area contributed by atoms with Gasteiger partial charge in [-0.25, -0.2) is 9.97 Å². The molecule has 1 aliphatic heterocycles. The van der Waals surface area contributed by atoms with Gasteiger partial charge in [0.25, 0.3) is 0 Å². The minimum absolute atomic E-state index is 0.266. The Labute approximate surface area is 159 Å². The highest BCUT2D eigenvalue weighted by atomic mass is 32.2. The zero-order chi connectivity index (χ0) is 17.8. The van der Waals surface area contributed by atoms with Crippen molar-refractivity contribution in [3.8, 4) is 0 Å².